The fourth-order valence-electron chi connectivity index (χ4n) is 3.04. The highest BCUT2D eigenvalue weighted by atomic mass is 16.4. The van der Waals surface area contributed by atoms with E-state index in [1.165, 1.54) is 0 Å². The Balaban J connectivity index is 1.64. The molecule has 3 aromatic heterocycles. The Morgan fingerprint density at radius 3 is 2.83 bits per heavy atom. The molecule has 10 nitrogen and oxygen atoms in total. The second kappa shape index (κ2) is 7.89. The van der Waals surface area contributed by atoms with Crippen molar-refractivity contribution in [2.75, 3.05) is 5.32 Å². The van der Waals surface area contributed by atoms with E-state index in [0.29, 0.717) is 35.1 Å². The van der Waals surface area contributed by atoms with Gasteiger partial charge in [-0.1, -0.05) is 24.3 Å². The first kappa shape index (κ1) is 19.5. The molecule has 11 heteroatoms. The minimum absolute atomic E-state index is 0.257. The third-order valence-electron chi connectivity index (χ3n) is 4.58. The topological polar surface area (TPSA) is 152 Å². The normalized spacial score (nSPS) is 10.9. The zero-order valence-corrected chi connectivity index (χ0v) is 16.0. The maximum Gasteiger partial charge on any atom is 0.488 e. The molecule has 0 atom stereocenters. The lowest BCUT2D eigenvalue weighted by Gasteiger charge is -2.10. The van der Waals surface area contributed by atoms with Gasteiger partial charge >= 0.3 is 7.12 Å². The quantitative estimate of drug-likeness (QED) is 0.326. The second-order valence-electron chi connectivity index (χ2n) is 6.70. The zero-order valence-electron chi connectivity index (χ0n) is 16.0. The smallest absolute Gasteiger partial charge is 0.423 e. The monoisotopic (exact) mass is 403 g/mol. The average Bonchev–Trinajstić information content (AvgIpc) is 3.17. The van der Waals surface area contributed by atoms with Crippen LogP contribution in [0.1, 0.15) is 21.5 Å². The molecule has 30 heavy (non-hydrogen) atoms. The van der Waals surface area contributed by atoms with Crippen LogP contribution in [0.15, 0.2) is 48.8 Å². The summed E-state index contributed by atoms with van der Waals surface area (Å²) >= 11 is 0. The number of carbonyl (C=O) groups excluding carboxylic acids is 1. The van der Waals surface area contributed by atoms with Crippen molar-refractivity contribution in [3.8, 4) is 11.6 Å². The molecule has 0 aliphatic heterocycles. The van der Waals surface area contributed by atoms with Gasteiger partial charge in [-0.25, -0.2) is 9.97 Å². The van der Waals surface area contributed by atoms with E-state index in [0.717, 1.165) is 11.1 Å². The van der Waals surface area contributed by atoms with Crippen LogP contribution in [0.2, 0.25) is 0 Å². The molecule has 150 valence electrons. The Labute approximate surface area is 171 Å². The number of nitrogens with one attached hydrogen (secondary N) is 1. The summed E-state index contributed by atoms with van der Waals surface area (Å²) in [7, 11) is -1.52. The molecule has 0 saturated heterocycles. The molecule has 0 fully saturated rings. The van der Waals surface area contributed by atoms with Gasteiger partial charge in [-0.15, -0.1) is 10.2 Å². The standard InChI is InChI=1S/C19H18BN7O3/c1-11-9-22-17(19-26-25-18-14(15(21)28)6-3-7-27(18)19)24-16(11)23-10-12-4-2-5-13(8-12)20(29)30/h2-9,29-30H,10H2,1H3,(H2,21,28)(H,22,23,24). The number of anilines is 1. The predicted octanol–water partition coefficient (Wildman–Crippen LogP) is -0.114. The Morgan fingerprint density at radius 1 is 1.23 bits per heavy atom. The lowest BCUT2D eigenvalue weighted by atomic mass is 9.80. The molecule has 4 rings (SSSR count). The molecule has 5 N–H and O–H groups in total. The van der Waals surface area contributed by atoms with Crippen LogP contribution in [0.3, 0.4) is 0 Å². The van der Waals surface area contributed by atoms with Crippen LogP contribution in [0.4, 0.5) is 5.82 Å². The fourth-order valence-corrected chi connectivity index (χ4v) is 3.04. The maximum absolute atomic E-state index is 11.6. The summed E-state index contributed by atoms with van der Waals surface area (Å²) in [6.45, 7) is 2.29. The third kappa shape index (κ3) is 3.71. The van der Waals surface area contributed by atoms with Gasteiger partial charge in [0.1, 0.15) is 5.82 Å². The molecule has 3 heterocycles. The van der Waals surface area contributed by atoms with Crippen molar-refractivity contribution >= 4 is 30.0 Å². The van der Waals surface area contributed by atoms with Crippen LogP contribution in [0, 0.1) is 6.92 Å². The van der Waals surface area contributed by atoms with E-state index in [2.05, 4.69) is 25.5 Å². The van der Waals surface area contributed by atoms with Crippen LogP contribution >= 0.6 is 0 Å². The Bertz CT molecular complexity index is 1240. The third-order valence-corrected chi connectivity index (χ3v) is 4.58. The lowest BCUT2D eigenvalue weighted by molar-refractivity contribution is 0.100. The number of carbonyl (C=O) groups is 1. The molecule has 0 saturated carbocycles. The molecule has 1 aromatic carbocycles. The molecule has 4 aromatic rings. The highest BCUT2D eigenvalue weighted by Gasteiger charge is 2.17. The summed E-state index contributed by atoms with van der Waals surface area (Å²) in [4.78, 5) is 20.5. The lowest BCUT2D eigenvalue weighted by Crippen LogP contribution is -2.30. The zero-order chi connectivity index (χ0) is 21.3. The van der Waals surface area contributed by atoms with Crippen molar-refractivity contribution in [2.45, 2.75) is 13.5 Å². The summed E-state index contributed by atoms with van der Waals surface area (Å²) < 4.78 is 1.61. The van der Waals surface area contributed by atoms with E-state index in [-0.39, 0.29) is 5.56 Å². The number of pyridine rings is 1. The number of nitrogens with two attached hydrogens (primary N) is 1. The van der Waals surface area contributed by atoms with Crippen molar-refractivity contribution in [1.82, 2.24) is 24.6 Å². The average molecular weight is 403 g/mol. The largest absolute Gasteiger partial charge is 0.488 e. The van der Waals surface area contributed by atoms with E-state index >= 15 is 0 Å². The number of primary amides is 1. The Kier molecular flexibility index (Phi) is 5.13. The highest BCUT2D eigenvalue weighted by molar-refractivity contribution is 6.58. The summed E-state index contributed by atoms with van der Waals surface area (Å²) in [6.07, 6.45) is 3.37. The van der Waals surface area contributed by atoms with E-state index in [1.807, 2.05) is 13.0 Å². The van der Waals surface area contributed by atoms with Gasteiger partial charge in [-0.2, -0.15) is 0 Å². The highest BCUT2D eigenvalue weighted by Crippen LogP contribution is 2.20. The molecule has 0 unspecified atom stereocenters. The van der Waals surface area contributed by atoms with Crippen molar-refractivity contribution in [3.05, 3.63) is 65.5 Å². The van der Waals surface area contributed by atoms with Crippen molar-refractivity contribution in [3.63, 3.8) is 0 Å². The van der Waals surface area contributed by atoms with Gasteiger partial charge in [-0.05, 0) is 30.1 Å². The number of rotatable bonds is 6. The number of hydrogen-bond acceptors (Lipinski definition) is 8. The van der Waals surface area contributed by atoms with Gasteiger partial charge in [0.15, 0.2) is 11.5 Å². The van der Waals surface area contributed by atoms with Crippen molar-refractivity contribution in [2.24, 2.45) is 5.73 Å². The number of benzene rings is 1. The fraction of sp³-hybridized carbons (Fsp3) is 0.105. The van der Waals surface area contributed by atoms with Crippen LogP contribution in [-0.2, 0) is 6.54 Å². The van der Waals surface area contributed by atoms with E-state index in [9.17, 15) is 14.8 Å². The first-order valence-electron chi connectivity index (χ1n) is 9.10. The summed E-state index contributed by atoms with van der Waals surface area (Å²) in [6, 6.07) is 10.2. The maximum atomic E-state index is 11.6. The molecule has 0 spiro atoms. The van der Waals surface area contributed by atoms with Crippen LogP contribution in [0.25, 0.3) is 17.3 Å². The van der Waals surface area contributed by atoms with Gasteiger partial charge < -0.3 is 21.1 Å². The number of amides is 1. The van der Waals surface area contributed by atoms with Crippen molar-refractivity contribution in [1.29, 1.82) is 0 Å². The van der Waals surface area contributed by atoms with E-state index < -0.39 is 13.0 Å². The molecular weight excluding hydrogens is 385 g/mol. The molecule has 0 aliphatic carbocycles. The molecule has 0 aliphatic rings. The first-order chi connectivity index (χ1) is 14.4. The molecule has 0 radical (unpaired) electrons. The second-order valence-corrected chi connectivity index (χ2v) is 6.70. The Hall–Kier alpha value is -3.83. The minimum Gasteiger partial charge on any atom is -0.423 e. The summed E-state index contributed by atoms with van der Waals surface area (Å²) in [5, 5.41) is 30.1. The molecular formula is C19H18BN7O3. The summed E-state index contributed by atoms with van der Waals surface area (Å²) in [5.74, 6) is 0.706. The van der Waals surface area contributed by atoms with Crippen molar-refractivity contribution < 1.29 is 14.8 Å². The van der Waals surface area contributed by atoms with Crippen LogP contribution in [-0.4, -0.2) is 47.6 Å². The predicted molar refractivity (Wildman–Crippen MR) is 111 cm³/mol. The van der Waals surface area contributed by atoms with Gasteiger partial charge in [0.25, 0.3) is 5.91 Å². The molecule has 1 amide bonds. The summed E-state index contributed by atoms with van der Waals surface area (Å²) in [5.41, 5.74) is 8.09. The first-order valence-corrected chi connectivity index (χ1v) is 9.10. The van der Waals surface area contributed by atoms with Crippen LogP contribution < -0.4 is 16.5 Å². The van der Waals surface area contributed by atoms with Crippen LogP contribution in [0.5, 0.6) is 0 Å². The number of aromatic nitrogens is 5. The SMILES string of the molecule is Cc1cnc(-c2nnc3c(C(N)=O)cccn23)nc1NCc1cccc(B(O)O)c1. The minimum atomic E-state index is -1.52. The van der Waals surface area contributed by atoms with E-state index in [1.54, 1.807) is 47.1 Å². The van der Waals surface area contributed by atoms with Gasteiger partial charge in [-0.3, -0.25) is 9.20 Å². The number of fused-ring (bicyclic) bond motifs is 1. The van der Waals surface area contributed by atoms with Gasteiger partial charge in [0.2, 0.25) is 5.82 Å². The molecule has 0 bridgehead atoms. The number of aryl methyl sites for hydroxylation is 1. The number of hydrogen-bond donors (Lipinski definition) is 4. The van der Waals surface area contributed by atoms with Gasteiger partial charge in [0.05, 0.1) is 5.56 Å². The van der Waals surface area contributed by atoms with Gasteiger partial charge in [0, 0.05) is 24.5 Å². The number of nitrogens with zero attached hydrogens (tertiary/aromatic N) is 5. The Morgan fingerprint density at radius 2 is 2.07 bits per heavy atom. The van der Waals surface area contributed by atoms with E-state index in [4.69, 9.17) is 5.73 Å².